The molecule has 43 heavy (non-hydrogen) atoms. The molecule has 3 fully saturated rings. The summed E-state index contributed by atoms with van der Waals surface area (Å²) in [5, 5.41) is 6.68. The zero-order chi connectivity index (χ0) is 29.8. The summed E-state index contributed by atoms with van der Waals surface area (Å²) in [7, 11) is 0. The van der Waals surface area contributed by atoms with Gasteiger partial charge < -0.3 is 25.4 Å². The predicted octanol–water partition coefficient (Wildman–Crippen LogP) is 2.96. The Morgan fingerprint density at radius 3 is 2.42 bits per heavy atom. The van der Waals surface area contributed by atoms with E-state index in [2.05, 4.69) is 40.3 Å². The number of rotatable bonds is 8. The van der Waals surface area contributed by atoms with Gasteiger partial charge in [-0.15, -0.1) is 0 Å². The first-order valence-corrected chi connectivity index (χ1v) is 16.1. The Bertz CT molecular complexity index is 1430. The van der Waals surface area contributed by atoms with Crippen LogP contribution in [0.5, 0.6) is 0 Å². The number of carbonyl (C=O) groups is 1. The lowest BCUT2D eigenvalue weighted by Crippen LogP contribution is -2.47. The predicted molar refractivity (Wildman–Crippen MR) is 171 cm³/mol. The van der Waals surface area contributed by atoms with Crippen molar-refractivity contribution in [3.8, 4) is 0 Å². The van der Waals surface area contributed by atoms with E-state index in [0.29, 0.717) is 5.69 Å². The fraction of sp³-hybridized carbons (Fsp3) is 0.576. The van der Waals surface area contributed by atoms with Crippen LogP contribution < -0.4 is 21.1 Å². The van der Waals surface area contributed by atoms with Gasteiger partial charge in [-0.05, 0) is 80.4 Å². The molecule has 0 aliphatic carbocycles. The van der Waals surface area contributed by atoms with Crippen molar-refractivity contribution in [3.05, 3.63) is 63.8 Å². The van der Waals surface area contributed by atoms with Crippen molar-refractivity contribution in [2.75, 3.05) is 63.8 Å². The molecule has 3 aromatic heterocycles. The number of aromatic amines is 1. The van der Waals surface area contributed by atoms with E-state index in [1.54, 1.807) is 0 Å². The topological polar surface area (TPSA) is 109 Å². The molecule has 3 N–H and O–H groups in total. The number of nitrogens with one attached hydrogen (secondary N) is 3. The highest BCUT2D eigenvalue weighted by Gasteiger charge is 2.25. The molecule has 0 unspecified atom stereocenters. The molecule has 0 saturated carbocycles. The van der Waals surface area contributed by atoms with Crippen LogP contribution in [0.3, 0.4) is 0 Å². The summed E-state index contributed by atoms with van der Waals surface area (Å²) in [6.07, 6.45) is 8.32. The zero-order valence-electron chi connectivity index (χ0n) is 25.6. The molecule has 6 heterocycles. The third-order valence-electron chi connectivity index (χ3n) is 9.42. The third-order valence-corrected chi connectivity index (χ3v) is 9.42. The van der Waals surface area contributed by atoms with Crippen molar-refractivity contribution >= 4 is 22.6 Å². The van der Waals surface area contributed by atoms with Crippen LogP contribution in [0.15, 0.2) is 41.5 Å². The molecule has 1 amide bonds. The minimum Gasteiger partial charge on any atom is -0.368 e. The van der Waals surface area contributed by atoms with Crippen molar-refractivity contribution < 1.29 is 4.79 Å². The highest BCUT2D eigenvalue weighted by molar-refractivity contribution is 5.92. The lowest BCUT2D eigenvalue weighted by Gasteiger charge is -2.36. The number of piperidine rings is 2. The Kier molecular flexibility index (Phi) is 9.35. The second-order valence-electron chi connectivity index (χ2n) is 12.9. The van der Waals surface area contributed by atoms with Gasteiger partial charge in [0.15, 0.2) is 0 Å². The Labute approximate surface area is 254 Å². The summed E-state index contributed by atoms with van der Waals surface area (Å²) in [5.74, 6) is 0.905. The number of carbonyl (C=O) groups excluding carboxylic acids is 1. The lowest BCUT2D eigenvalue weighted by atomic mass is 9.96. The molecule has 3 aliphatic heterocycles. The molecule has 3 aliphatic rings. The van der Waals surface area contributed by atoms with Crippen LogP contribution in [-0.2, 0) is 6.54 Å². The van der Waals surface area contributed by atoms with Gasteiger partial charge in [0.25, 0.3) is 11.5 Å². The molecule has 6 rings (SSSR count). The fourth-order valence-corrected chi connectivity index (χ4v) is 6.73. The van der Waals surface area contributed by atoms with E-state index >= 15 is 0 Å². The van der Waals surface area contributed by atoms with Crippen molar-refractivity contribution in [1.29, 1.82) is 0 Å². The van der Waals surface area contributed by atoms with E-state index in [1.165, 1.54) is 19.4 Å². The average molecular weight is 587 g/mol. The van der Waals surface area contributed by atoms with Crippen LogP contribution in [0.2, 0.25) is 0 Å². The number of anilines is 1. The summed E-state index contributed by atoms with van der Waals surface area (Å²) in [4.78, 5) is 44.8. The molecule has 0 spiro atoms. The largest absolute Gasteiger partial charge is 0.368 e. The molecule has 230 valence electrons. The smallest absolute Gasteiger partial charge is 0.270 e. The number of hydrogen-bond donors (Lipinski definition) is 3. The van der Waals surface area contributed by atoms with Gasteiger partial charge in [-0.1, -0.05) is 13.8 Å². The quantitative estimate of drug-likeness (QED) is 0.370. The number of fused-ring (bicyclic) bond motifs is 1. The maximum atomic E-state index is 12.9. The van der Waals surface area contributed by atoms with Gasteiger partial charge in [-0.25, -0.2) is 4.98 Å². The first-order chi connectivity index (χ1) is 20.9. The Balaban J connectivity index is 0.954. The number of nitrogens with zero attached hydrogens (tertiary/aromatic N) is 5. The molecular formula is C33H46N8O2. The molecule has 0 aromatic carbocycles. The van der Waals surface area contributed by atoms with Crippen molar-refractivity contribution in [2.45, 2.75) is 58.0 Å². The molecule has 3 aromatic rings. The second kappa shape index (κ2) is 13.5. The van der Waals surface area contributed by atoms with Gasteiger partial charge in [-0.2, -0.15) is 0 Å². The van der Waals surface area contributed by atoms with Crippen molar-refractivity contribution in [2.24, 2.45) is 5.92 Å². The van der Waals surface area contributed by atoms with Crippen LogP contribution in [0.4, 0.5) is 5.69 Å². The highest BCUT2D eigenvalue weighted by Crippen LogP contribution is 2.21. The Morgan fingerprint density at radius 2 is 1.72 bits per heavy atom. The fourth-order valence-electron chi connectivity index (χ4n) is 6.73. The molecule has 10 heteroatoms. The normalized spacial score (nSPS) is 19.7. The maximum Gasteiger partial charge on any atom is 0.270 e. The number of aromatic nitrogens is 3. The van der Waals surface area contributed by atoms with Crippen LogP contribution in [0.25, 0.3) is 11.0 Å². The van der Waals surface area contributed by atoms with E-state index in [0.717, 1.165) is 106 Å². The minimum atomic E-state index is -0.0704. The maximum absolute atomic E-state index is 12.9. The van der Waals surface area contributed by atoms with Gasteiger partial charge in [0, 0.05) is 70.2 Å². The van der Waals surface area contributed by atoms with E-state index in [-0.39, 0.29) is 23.4 Å². The first kappa shape index (κ1) is 29.7. The molecule has 0 atom stereocenters. The van der Waals surface area contributed by atoms with Gasteiger partial charge in [-0.3, -0.25) is 19.5 Å². The number of H-pyrrole nitrogens is 1. The molecule has 0 bridgehead atoms. The summed E-state index contributed by atoms with van der Waals surface area (Å²) in [6.45, 7) is 14.0. The Hall–Kier alpha value is -3.34. The standard InChI is InChI=1S/C33H46N8O2/c1-23(2)28-18-30-31(38-32(28)42)17-25(19-35-30)22-40-13-15-41(16-14-40)27-3-4-29(36-20-27)33(43)37-26-7-11-39(12-8-26)21-24-5-9-34-10-6-24/h3-4,17-20,23-24,26,34H,5-16,21-22H2,1-2H3,(H,37,43)(H,38,42). The number of pyridine rings is 3. The summed E-state index contributed by atoms with van der Waals surface area (Å²) in [5.41, 5.74) is 4.99. The van der Waals surface area contributed by atoms with Crippen LogP contribution >= 0.6 is 0 Å². The van der Waals surface area contributed by atoms with Crippen LogP contribution in [0.1, 0.15) is 67.1 Å². The van der Waals surface area contributed by atoms with Gasteiger partial charge in [0.05, 0.1) is 22.9 Å². The zero-order valence-corrected chi connectivity index (χ0v) is 25.6. The van der Waals surface area contributed by atoms with E-state index in [4.69, 9.17) is 0 Å². The highest BCUT2D eigenvalue weighted by atomic mass is 16.2. The van der Waals surface area contributed by atoms with Crippen LogP contribution in [-0.4, -0.2) is 95.6 Å². The number of hydrogen-bond acceptors (Lipinski definition) is 8. The van der Waals surface area contributed by atoms with Gasteiger partial charge in [0.2, 0.25) is 0 Å². The van der Waals surface area contributed by atoms with E-state index < -0.39 is 0 Å². The average Bonchev–Trinajstić information content (AvgIpc) is 3.02. The third kappa shape index (κ3) is 7.42. The molecule has 10 nitrogen and oxygen atoms in total. The monoisotopic (exact) mass is 586 g/mol. The number of amides is 1. The number of piperazine rings is 1. The summed E-state index contributed by atoms with van der Waals surface area (Å²) < 4.78 is 0. The summed E-state index contributed by atoms with van der Waals surface area (Å²) >= 11 is 0. The molecular weight excluding hydrogens is 540 g/mol. The van der Waals surface area contributed by atoms with Crippen molar-refractivity contribution in [3.63, 3.8) is 0 Å². The van der Waals surface area contributed by atoms with Crippen LogP contribution in [0, 0.1) is 5.92 Å². The molecule has 0 radical (unpaired) electrons. The SMILES string of the molecule is CC(C)c1cc2ncc(CN3CCN(c4ccc(C(=O)NC5CCN(CC6CCNCC6)CC5)nc4)CC3)cc2[nH]c1=O. The van der Waals surface area contributed by atoms with E-state index in [1.807, 2.05) is 50.5 Å². The van der Waals surface area contributed by atoms with Gasteiger partial charge >= 0.3 is 0 Å². The second-order valence-corrected chi connectivity index (χ2v) is 12.9. The molecule has 3 saturated heterocycles. The van der Waals surface area contributed by atoms with E-state index in [9.17, 15) is 9.59 Å². The Morgan fingerprint density at radius 1 is 0.953 bits per heavy atom. The van der Waals surface area contributed by atoms with Gasteiger partial charge in [0.1, 0.15) is 5.69 Å². The van der Waals surface area contributed by atoms with Crippen molar-refractivity contribution in [1.82, 2.24) is 35.4 Å². The first-order valence-electron chi connectivity index (χ1n) is 16.1. The number of likely N-dealkylation sites (tertiary alicyclic amines) is 1. The lowest BCUT2D eigenvalue weighted by molar-refractivity contribution is 0.0897. The summed E-state index contributed by atoms with van der Waals surface area (Å²) in [6, 6.07) is 8.06. The minimum absolute atomic E-state index is 0.0316.